The Morgan fingerprint density at radius 3 is 2.22 bits per heavy atom. The Bertz CT molecular complexity index is 144. The molecule has 0 aromatic carbocycles. The van der Waals surface area contributed by atoms with Gasteiger partial charge >= 0.3 is 0 Å². The third-order valence-electron chi connectivity index (χ3n) is 1.66. The van der Waals surface area contributed by atoms with Crippen molar-refractivity contribution in [2.75, 3.05) is 14.1 Å². The molecule has 0 saturated heterocycles. The molecule has 1 aliphatic heterocycles. The van der Waals surface area contributed by atoms with E-state index < -0.39 is 6.35 Å². The van der Waals surface area contributed by atoms with Gasteiger partial charge in [-0.25, -0.2) is 0 Å². The van der Waals surface area contributed by atoms with Crippen molar-refractivity contribution in [2.24, 2.45) is 0 Å². The quantitative estimate of drug-likeness (QED) is 0.497. The molecule has 1 aliphatic rings. The molecule has 0 amide bonds. The molecule has 1 rings (SSSR count). The van der Waals surface area contributed by atoms with Gasteiger partial charge in [-0.3, -0.25) is 0 Å². The predicted octanol–water partition coefficient (Wildman–Crippen LogP) is 0.000800. The van der Waals surface area contributed by atoms with Crippen molar-refractivity contribution in [2.45, 2.75) is 13.3 Å². The molecule has 1 heterocycles. The minimum Gasteiger partial charge on any atom is -0.356 e. The normalized spacial score (nSPS) is 27.1. The van der Waals surface area contributed by atoms with Crippen LogP contribution in [0.1, 0.15) is 6.92 Å². The molecule has 0 bridgehead atoms. The highest BCUT2D eigenvalue weighted by Crippen LogP contribution is 2.15. The van der Waals surface area contributed by atoms with Crippen LogP contribution in [0.3, 0.4) is 0 Å². The molecule has 0 aromatic rings. The summed E-state index contributed by atoms with van der Waals surface area (Å²) < 4.78 is 0. The van der Waals surface area contributed by atoms with E-state index >= 15 is 0 Å². The lowest BCUT2D eigenvalue weighted by molar-refractivity contribution is -0.0278. The minimum atomic E-state index is -0.468. The van der Waals surface area contributed by atoms with Crippen molar-refractivity contribution in [3.63, 3.8) is 0 Å². The summed E-state index contributed by atoms with van der Waals surface area (Å²) >= 11 is 0. The molecule has 0 saturated carbocycles. The van der Waals surface area contributed by atoms with Crippen molar-refractivity contribution in [1.82, 2.24) is 9.80 Å². The van der Waals surface area contributed by atoms with Gasteiger partial charge in [-0.05, 0) is 6.92 Å². The molecule has 1 N–H and O–H groups in total. The maximum absolute atomic E-state index is 9.24. The first-order chi connectivity index (χ1) is 4.13. The summed E-state index contributed by atoms with van der Waals surface area (Å²) in [6.45, 7) is 1.96. The molecule has 3 nitrogen and oxygen atoms in total. The Labute approximate surface area is 55.2 Å². The summed E-state index contributed by atoms with van der Waals surface area (Å²) in [4.78, 5) is 3.56. The van der Waals surface area contributed by atoms with E-state index in [9.17, 15) is 5.11 Å². The second-order valence-corrected chi connectivity index (χ2v) is 2.39. The zero-order valence-electron chi connectivity index (χ0n) is 6.00. The van der Waals surface area contributed by atoms with Crippen LogP contribution in [0.25, 0.3) is 0 Å². The standard InChI is InChI=1S/C6H12N2O/c1-5-4-7(2)6(9)8(5)3/h4,6,9H,1-3H3. The van der Waals surface area contributed by atoms with Crippen molar-refractivity contribution in [3.05, 3.63) is 11.9 Å². The molecule has 0 aliphatic carbocycles. The summed E-state index contributed by atoms with van der Waals surface area (Å²) in [5.74, 6) is 0. The van der Waals surface area contributed by atoms with Crippen LogP contribution in [-0.2, 0) is 0 Å². The van der Waals surface area contributed by atoms with E-state index in [4.69, 9.17) is 0 Å². The molecule has 0 radical (unpaired) electrons. The van der Waals surface area contributed by atoms with Gasteiger partial charge in [0.25, 0.3) is 0 Å². The number of nitrogens with zero attached hydrogens (tertiary/aromatic N) is 2. The number of aliphatic hydroxyl groups excluding tert-OH is 1. The molecular weight excluding hydrogens is 116 g/mol. The number of allylic oxidation sites excluding steroid dienone is 1. The fourth-order valence-electron chi connectivity index (χ4n) is 0.908. The van der Waals surface area contributed by atoms with Crippen LogP contribution >= 0.6 is 0 Å². The Morgan fingerprint density at radius 2 is 2.11 bits per heavy atom. The van der Waals surface area contributed by atoms with E-state index in [2.05, 4.69) is 0 Å². The second kappa shape index (κ2) is 1.92. The Balaban J connectivity index is 2.70. The van der Waals surface area contributed by atoms with E-state index in [0.717, 1.165) is 5.70 Å². The first-order valence-electron chi connectivity index (χ1n) is 2.94. The van der Waals surface area contributed by atoms with Crippen molar-refractivity contribution in [3.8, 4) is 0 Å². The van der Waals surface area contributed by atoms with Crippen LogP contribution in [0.2, 0.25) is 0 Å². The van der Waals surface area contributed by atoms with Crippen molar-refractivity contribution < 1.29 is 5.11 Å². The smallest absolute Gasteiger partial charge is 0.206 e. The van der Waals surface area contributed by atoms with Gasteiger partial charge in [0.2, 0.25) is 6.35 Å². The maximum atomic E-state index is 9.24. The van der Waals surface area contributed by atoms with Crippen molar-refractivity contribution in [1.29, 1.82) is 0 Å². The summed E-state index contributed by atoms with van der Waals surface area (Å²) in [6, 6.07) is 0. The highest BCUT2D eigenvalue weighted by atomic mass is 16.3. The fraction of sp³-hybridized carbons (Fsp3) is 0.667. The Hall–Kier alpha value is -0.700. The maximum Gasteiger partial charge on any atom is 0.206 e. The van der Waals surface area contributed by atoms with Gasteiger partial charge in [0.05, 0.1) is 0 Å². The zero-order valence-corrected chi connectivity index (χ0v) is 6.00. The lowest BCUT2D eigenvalue weighted by Gasteiger charge is -2.22. The summed E-state index contributed by atoms with van der Waals surface area (Å²) in [5.41, 5.74) is 1.09. The van der Waals surface area contributed by atoms with Crippen LogP contribution in [-0.4, -0.2) is 35.4 Å². The topological polar surface area (TPSA) is 26.7 Å². The monoisotopic (exact) mass is 128 g/mol. The molecule has 9 heavy (non-hydrogen) atoms. The number of aliphatic hydroxyl groups is 1. The summed E-state index contributed by atoms with van der Waals surface area (Å²) in [7, 11) is 3.71. The third-order valence-corrected chi connectivity index (χ3v) is 1.66. The Morgan fingerprint density at radius 1 is 1.56 bits per heavy atom. The molecule has 0 spiro atoms. The predicted molar refractivity (Wildman–Crippen MR) is 35.3 cm³/mol. The molecule has 52 valence electrons. The van der Waals surface area contributed by atoms with E-state index in [1.165, 1.54) is 0 Å². The Kier molecular flexibility index (Phi) is 1.37. The van der Waals surface area contributed by atoms with Gasteiger partial charge < -0.3 is 14.9 Å². The average molecular weight is 128 g/mol. The van der Waals surface area contributed by atoms with Gasteiger partial charge in [-0.2, -0.15) is 0 Å². The molecule has 0 fully saturated rings. The highest BCUT2D eigenvalue weighted by Gasteiger charge is 2.20. The first kappa shape index (κ1) is 6.42. The van der Waals surface area contributed by atoms with E-state index in [1.54, 1.807) is 9.80 Å². The lowest BCUT2D eigenvalue weighted by Crippen LogP contribution is -2.34. The molecule has 1 unspecified atom stereocenters. The van der Waals surface area contributed by atoms with Crippen LogP contribution < -0.4 is 0 Å². The third kappa shape index (κ3) is 0.876. The van der Waals surface area contributed by atoms with Gasteiger partial charge in [0.1, 0.15) is 0 Å². The number of hydrogen-bond donors (Lipinski definition) is 1. The largest absolute Gasteiger partial charge is 0.356 e. The average Bonchev–Trinajstić information content (AvgIpc) is 1.98. The van der Waals surface area contributed by atoms with Crippen LogP contribution in [0.4, 0.5) is 0 Å². The second-order valence-electron chi connectivity index (χ2n) is 2.39. The van der Waals surface area contributed by atoms with Gasteiger partial charge in [0, 0.05) is 26.0 Å². The van der Waals surface area contributed by atoms with E-state index in [-0.39, 0.29) is 0 Å². The van der Waals surface area contributed by atoms with Crippen molar-refractivity contribution >= 4 is 0 Å². The molecular formula is C6H12N2O. The minimum absolute atomic E-state index is 0.468. The molecule has 0 aromatic heterocycles. The molecule has 1 atom stereocenters. The van der Waals surface area contributed by atoms with Crippen LogP contribution in [0.15, 0.2) is 11.9 Å². The highest BCUT2D eigenvalue weighted by molar-refractivity contribution is 5.02. The van der Waals surface area contributed by atoms with E-state index in [1.807, 2.05) is 27.2 Å². The lowest BCUT2D eigenvalue weighted by atomic mass is 10.5. The van der Waals surface area contributed by atoms with Crippen LogP contribution in [0.5, 0.6) is 0 Å². The first-order valence-corrected chi connectivity index (χ1v) is 2.94. The summed E-state index contributed by atoms with van der Waals surface area (Å²) in [5, 5.41) is 9.24. The summed E-state index contributed by atoms with van der Waals surface area (Å²) in [6.07, 6.45) is 1.44. The van der Waals surface area contributed by atoms with Gasteiger partial charge in [-0.1, -0.05) is 0 Å². The number of rotatable bonds is 0. The van der Waals surface area contributed by atoms with Gasteiger partial charge in [0.15, 0.2) is 0 Å². The number of hydrogen-bond acceptors (Lipinski definition) is 3. The fourth-order valence-corrected chi connectivity index (χ4v) is 0.908. The van der Waals surface area contributed by atoms with Crippen LogP contribution in [0, 0.1) is 0 Å². The zero-order chi connectivity index (χ0) is 7.02. The van der Waals surface area contributed by atoms with Gasteiger partial charge in [-0.15, -0.1) is 0 Å². The van der Waals surface area contributed by atoms with E-state index in [0.29, 0.717) is 0 Å². The molecule has 3 heteroatoms. The SMILES string of the molecule is CC1=CN(C)C(O)N1C.